The Bertz CT molecular complexity index is 550. The molecule has 19 heavy (non-hydrogen) atoms. The molecule has 0 bridgehead atoms. The van der Waals surface area contributed by atoms with Crippen molar-refractivity contribution in [3.63, 3.8) is 0 Å². The number of hydrogen-bond donors (Lipinski definition) is 1. The highest BCUT2D eigenvalue weighted by Gasteiger charge is 2.28. The second kappa shape index (κ2) is 5.56. The molecule has 0 atom stereocenters. The second-order valence-corrected chi connectivity index (χ2v) is 7.76. The molecule has 0 saturated carbocycles. The molecule has 6 heteroatoms. The van der Waals surface area contributed by atoms with Gasteiger partial charge in [-0.2, -0.15) is 0 Å². The Labute approximate surface area is 114 Å². The van der Waals surface area contributed by atoms with E-state index in [-0.39, 0.29) is 22.4 Å². The molecule has 0 spiro atoms. The maximum absolute atomic E-state index is 13.6. The summed E-state index contributed by atoms with van der Waals surface area (Å²) in [6.07, 6.45) is 0. The summed E-state index contributed by atoms with van der Waals surface area (Å²) in [5, 5.41) is 0. The van der Waals surface area contributed by atoms with E-state index >= 15 is 0 Å². The van der Waals surface area contributed by atoms with E-state index in [0.29, 0.717) is 6.54 Å². The highest BCUT2D eigenvalue weighted by molar-refractivity contribution is 7.89. The minimum absolute atomic E-state index is 0.0308. The van der Waals surface area contributed by atoms with Crippen LogP contribution in [0.15, 0.2) is 23.1 Å². The molecule has 0 aromatic heterocycles. The highest BCUT2D eigenvalue weighted by Crippen LogP contribution is 2.24. The number of nitrogens with zero attached hydrogens (tertiary/aromatic N) is 1. The van der Waals surface area contributed by atoms with E-state index in [1.807, 2.05) is 20.8 Å². The van der Waals surface area contributed by atoms with Gasteiger partial charge in [0.2, 0.25) is 10.0 Å². The first-order valence-electron chi connectivity index (χ1n) is 6.03. The van der Waals surface area contributed by atoms with Crippen LogP contribution in [0.1, 0.15) is 26.3 Å². The highest BCUT2D eigenvalue weighted by atomic mass is 32.2. The van der Waals surface area contributed by atoms with E-state index in [2.05, 4.69) is 0 Å². The summed E-state index contributed by atoms with van der Waals surface area (Å²) in [5.74, 6) is -0.590. The van der Waals surface area contributed by atoms with Gasteiger partial charge in [-0.15, -0.1) is 0 Å². The van der Waals surface area contributed by atoms with Gasteiger partial charge in [0.25, 0.3) is 0 Å². The van der Waals surface area contributed by atoms with Crippen LogP contribution in [0.2, 0.25) is 0 Å². The average Bonchev–Trinajstić information content (AvgIpc) is 2.26. The normalized spacial score (nSPS) is 13.0. The third kappa shape index (κ3) is 3.75. The fourth-order valence-electron chi connectivity index (χ4n) is 1.90. The van der Waals surface area contributed by atoms with Crippen LogP contribution in [-0.2, 0) is 16.6 Å². The number of benzene rings is 1. The average molecular weight is 288 g/mol. The third-order valence-corrected chi connectivity index (χ3v) is 4.55. The van der Waals surface area contributed by atoms with Crippen molar-refractivity contribution in [1.29, 1.82) is 0 Å². The number of halogens is 1. The summed E-state index contributed by atoms with van der Waals surface area (Å²) in [4.78, 5) is -0.0539. The molecule has 1 aromatic rings. The van der Waals surface area contributed by atoms with Crippen molar-refractivity contribution >= 4 is 10.0 Å². The van der Waals surface area contributed by atoms with Crippen molar-refractivity contribution in [2.75, 3.05) is 13.6 Å². The van der Waals surface area contributed by atoms with Gasteiger partial charge >= 0.3 is 0 Å². The molecule has 0 saturated heterocycles. The lowest BCUT2D eigenvalue weighted by molar-refractivity contribution is 0.310. The van der Waals surface area contributed by atoms with Gasteiger partial charge in [0.1, 0.15) is 5.82 Å². The molecule has 4 nitrogen and oxygen atoms in total. The molecule has 0 heterocycles. The van der Waals surface area contributed by atoms with Gasteiger partial charge in [-0.1, -0.05) is 26.8 Å². The Morgan fingerprint density at radius 2 is 1.89 bits per heavy atom. The number of nitrogens with two attached hydrogens (primary N) is 1. The van der Waals surface area contributed by atoms with E-state index in [1.54, 1.807) is 0 Å². The first-order chi connectivity index (χ1) is 8.59. The predicted molar refractivity (Wildman–Crippen MR) is 73.6 cm³/mol. The van der Waals surface area contributed by atoms with Crippen molar-refractivity contribution in [1.82, 2.24) is 4.31 Å². The van der Waals surface area contributed by atoms with Crippen LogP contribution in [0.4, 0.5) is 4.39 Å². The third-order valence-electron chi connectivity index (χ3n) is 2.67. The van der Waals surface area contributed by atoms with Gasteiger partial charge in [-0.3, -0.25) is 0 Å². The maximum Gasteiger partial charge on any atom is 0.243 e. The van der Waals surface area contributed by atoms with E-state index in [9.17, 15) is 12.8 Å². The fourth-order valence-corrected chi connectivity index (χ4v) is 3.54. The first kappa shape index (κ1) is 16.1. The molecule has 2 N–H and O–H groups in total. The first-order valence-corrected chi connectivity index (χ1v) is 7.47. The fraction of sp³-hybridized carbons (Fsp3) is 0.538. The standard InChI is InChI=1S/C13H21FN2O2S/c1-13(2,3)9-16(4)19(17,18)12-7-5-6-11(14)10(12)8-15/h5-7H,8-9,15H2,1-4H3. The van der Waals surface area contributed by atoms with Crippen molar-refractivity contribution < 1.29 is 12.8 Å². The number of rotatable bonds is 4. The van der Waals surface area contributed by atoms with Gasteiger partial charge in [0.05, 0.1) is 4.90 Å². The lowest BCUT2D eigenvalue weighted by Gasteiger charge is -2.26. The van der Waals surface area contributed by atoms with E-state index < -0.39 is 15.8 Å². The topological polar surface area (TPSA) is 63.4 Å². The Morgan fingerprint density at radius 1 is 1.32 bits per heavy atom. The van der Waals surface area contributed by atoms with Crippen LogP contribution in [-0.4, -0.2) is 26.3 Å². The van der Waals surface area contributed by atoms with E-state index in [1.165, 1.54) is 29.6 Å². The van der Waals surface area contributed by atoms with Crippen molar-refractivity contribution in [3.8, 4) is 0 Å². The smallest absolute Gasteiger partial charge is 0.243 e. The molecule has 0 radical (unpaired) electrons. The summed E-state index contributed by atoms with van der Waals surface area (Å²) in [6, 6.07) is 3.98. The molecule has 1 aromatic carbocycles. The molecule has 0 aliphatic rings. The molecule has 1 rings (SSSR count). The Balaban J connectivity index is 3.25. The molecule has 0 aliphatic carbocycles. The van der Waals surface area contributed by atoms with Crippen LogP contribution >= 0.6 is 0 Å². The largest absolute Gasteiger partial charge is 0.326 e. The van der Waals surface area contributed by atoms with Crippen LogP contribution in [0.5, 0.6) is 0 Å². The van der Waals surface area contributed by atoms with Crippen molar-refractivity contribution in [2.45, 2.75) is 32.2 Å². The van der Waals surface area contributed by atoms with Crippen molar-refractivity contribution in [3.05, 3.63) is 29.6 Å². The molecule has 108 valence electrons. The summed E-state index contributed by atoms with van der Waals surface area (Å²) >= 11 is 0. The van der Waals surface area contributed by atoms with Gasteiger partial charge in [0.15, 0.2) is 0 Å². The van der Waals surface area contributed by atoms with Gasteiger partial charge in [0, 0.05) is 25.7 Å². The van der Waals surface area contributed by atoms with Gasteiger partial charge in [-0.25, -0.2) is 17.1 Å². The van der Waals surface area contributed by atoms with Crippen LogP contribution in [0.3, 0.4) is 0 Å². The molecule has 0 aliphatic heterocycles. The zero-order valence-corrected chi connectivity index (χ0v) is 12.6. The summed E-state index contributed by atoms with van der Waals surface area (Å²) in [6.45, 7) is 6.01. The Hall–Kier alpha value is -0.980. The SMILES string of the molecule is CN(CC(C)(C)C)S(=O)(=O)c1cccc(F)c1CN. The van der Waals surface area contributed by atoms with Gasteiger partial charge < -0.3 is 5.73 Å². The number of hydrogen-bond acceptors (Lipinski definition) is 3. The van der Waals surface area contributed by atoms with Crippen LogP contribution in [0, 0.1) is 11.2 Å². The molecular weight excluding hydrogens is 267 g/mol. The molecular formula is C13H21FN2O2S. The second-order valence-electron chi connectivity index (χ2n) is 5.74. The molecule has 0 amide bonds. The monoisotopic (exact) mass is 288 g/mol. The zero-order chi connectivity index (χ0) is 14.8. The Morgan fingerprint density at radius 3 is 2.37 bits per heavy atom. The maximum atomic E-state index is 13.6. The minimum atomic E-state index is -3.72. The minimum Gasteiger partial charge on any atom is -0.326 e. The zero-order valence-electron chi connectivity index (χ0n) is 11.8. The van der Waals surface area contributed by atoms with E-state index in [4.69, 9.17) is 5.73 Å². The van der Waals surface area contributed by atoms with Crippen LogP contribution in [0.25, 0.3) is 0 Å². The lowest BCUT2D eigenvalue weighted by atomic mass is 9.97. The molecule has 0 unspecified atom stereocenters. The van der Waals surface area contributed by atoms with Crippen molar-refractivity contribution in [2.24, 2.45) is 11.1 Å². The molecule has 0 fully saturated rings. The number of sulfonamides is 1. The predicted octanol–water partition coefficient (Wildman–Crippen LogP) is 1.95. The van der Waals surface area contributed by atoms with Crippen LogP contribution < -0.4 is 5.73 Å². The summed E-state index contributed by atoms with van der Waals surface area (Å²) in [7, 11) is -2.23. The lowest BCUT2D eigenvalue weighted by Crippen LogP contribution is -2.35. The summed E-state index contributed by atoms with van der Waals surface area (Å²) in [5.41, 5.74) is 5.30. The quantitative estimate of drug-likeness (QED) is 0.921. The Kier molecular flexibility index (Phi) is 4.71. The van der Waals surface area contributed by atoms with Gasteiger partial charge in [-0.05, 0) is 17.5 Å². The summed E-state index contributed by atoms with van der Waals surface area (Å²) < 4.78 is 39.7. The van der Waals surface area contributed by atoms with E-state index in [0.717, 1.165) is 0 Å².